The van der Waals surface area contributed by atoms with Crippen molar-refractivity contribution < 1.29 is 4.79 Å². The van der Waals surface area contributed by atoms with Gasteiger partial charge < -0.3 is 15.6 Å². The predicted octanol–water partition coefficient (Wildman–Crippen LogP) is 4.85. The van der Waals surface area contributed by atoms with E-state index in [9.17, 15) is 4.79 Å². The first-order valence-corrected chi connectivity index (χ1v) is 11.4. The molecule has 0 aliphatic carbocycles. The SMILES string of the molecule is CCn1c(SCC(=O)Nc2ccc(Cl)c(C)c2)nnc1-c1sc2ncccc2c1N. The quantitative estimate of drug-likeness (QED) is 0.401. The molecule has 0 aliphatic heterocycles. The van der Waals surface area contributed by atoms with Gasteiger partial charge in [0, 0.05) is 28.8 Å². The first-order chi connectivity index (χ1) is 14.5. The van der Waals surface area contributed by atoms with Crippen molar-refractivity contribution in [3.05, 3.63) is 47.1 Å². The van der Waals surface area contributed by atoms with Crippen molar-refractivity contribution in [1.29, 1.82) is 0 Å². The van der Waals surface area contributed by atoms with Crippen LogP contribution in [0.4, 0.5) is 11.4 Å². The molecule has 0 fully saturated rings. The van der Waals surface area contributed by atoms with Crippen LogP contribution in [0.15, 0.2) is 41.7 Å². The number of thiophene rings is 1. The maximum atomic E-state index is 12.4. The maximum absolute atomic E-state index is 12.4. The van der Waals surface area contributed by atoms with Gasteiger partial charge in [0.05, 0.1) is 16.3 Å². The van der Waals surface area contributed by atoms with Crippen LogP contribution in [0.5, 0.6) is 0 Å². The predicted molar refractivity (Wildman–Crippen MR) is 124 cm³/mol. The number of nitrogens with two attached hydrogens (primary N) is 1. The molecule has 3 N–H and O–H groups in total. The van der Waals surface area contributed by atoms with Gasteiger partial charge in [-0.1, -0.05) is 23.4 Å². The summed E-state index contributed by atoms with van der Waals surface area (Å²) in [5.41, 5.74) is 8.62. The van der Waals surface area contributed by atoms with Gasteiger partial charge in [0.25, 0.3) is 0 Å². The number of rotatable bonds is 6. The number of benzene rings is 1. The number of pyridine rings is 1. The van der Waals surface area contributed by atoms with Crippen LogP contribution in [0.3, 0.4) is 0 Å². The number of halogens is 1. The van der Waals surface area contributed by atoms with Crippen molar-refractivity contribution in [3.8, 4) is 10.7 Å². The minimum atomic E-state index is -0.125. The average Bonchev–Trinajstić information content (AvgIpc) is 3.30. The monoisotopic (exact) mass is 458 g/mol. The minimum Gasteiger partial charge on any atom is -0.397 e. The summed E-state index contributed by atoms with van der Waals surface area (Å²) < 4.78 is 1.96. The Kier molecular flexibility index (Phi) is 5.94. The summed E-state index contributed by atoms with van der Waals surface area (Å²) >= 11 is 8.86. The van der Waals surface area contributed by atoms with Gasteiger partial charge in [-0.2, -0.15) is 0 Å². The van der Waals surface area contributed by atoms with Gasteiger partial charge in [-0.3, -0.25) is 4.79 Å². The number of aryl methyl sites for hydroxylation is 1. The number of fused-ring (bicyclic) bond motifs is 1. The lowest BCUT2D eigenvalue weighted by molar-refractivity contribution is -0.113. The molecule has 3 aromatic heterocycles. The standard InChI is InChI=1S/C20H19ClN6OS2/c1-3-27-18(17-16(22)13-5-4-8-23-19(13)30-17)25-26-20(27)29-10-15(28)24-12-6-7-14(21)11(2)9-12/h4-9H,3,10,22H2,1-2H3,(H,24,28). The van der Waals surface area contributed by atoms with Crippen LogP contribution in [0.25, 0.3) is 20.9 Å². The second-order valence-corrected chi connectivity index (χ2v) is 8.90. The molecule has 1 aromatic carbocycles. The zero-order valence-electron chi connectivity index (χ0n) is 16.3. The summed E-state index contributed by atoms with van der Waals surface area (Å²) in [5, 5.41) is 13.8. The number of anilines is 2. The summed E-state index contributed by atoms with van der Waals surface area (Å²) in [6.07, 6.45) is 1.74. The molecule has 0 saturated heterocycles. The van der Waals surface area contributed by atoms with Crippen molar-refractivity contribution in [2.45, 2.75) is 25.5 Å². The number of carbonyl (C=O) groups excluding carboxylic acids is 1. The Morgan fingerprint density at radius 1 is 1.33 bits per heavy atom. The van der Waals surface area contributed by atoms with Crippen LogP contribution in [-0.4, -0.2) is 31.4 Å². The van der Waals surface area contributed by atoms with E-state index in [1.165, 1.54) is 23.1 Å². The smallest absolute Gasteiger partial charge is 0.234 e. The van der Waals surface area contributed by atoms with E-state index in [0.717, 1.165) is 20.7 Å². The highest BCUT2D eigenvalue weighted by atomic mass is 35.5. The van der Waals surface area contributed by atoms with Crippen LogP contribution in [0, 0.1) is 6.92 Å². The minimum absolute atomic E-state index is 0.125. The summed E-state index contributed by atoms with van der Waals surface area (Å²) in [5.74, 6) is 0.775. The third kappa shape index (κ3) is 4.00. The van der Waals surface area contributed by atoms with Gasteiger partial charge in [0.1, 0.15) is 4.83 Å². The van der Waals surface area contributed by atoms with Crippen molar-refractivity contribution in [2.24, 2.45) is 0 Å². The van der Waals surface area contributed by atoms with Crippen LogP contribution in [0.2, 0.25) is 5.02 Å². The fourth-order valence-corrected chi connectivity index (χ4v) is 4.99. The van der Waals surface area contributed by atoms with E-state index in [1.54, 1.807) is 18.3 Å². The van der Waals surface area contributed by atoms with Gasteiger partial charge in [-0.05, 0) is 49.7 Å². The molecule has 10 heteroatoms. The largest absolute Gasteiger partial charge is 0.397 e. The van der Waals surface area contributed by atoms with Crippen molar-refractivity contribution in [1.82, 2.24) is 19.7 Å². The van der Waals surface area contributed by atoms with Gasteiger partial charge in [0.15, 0.2) is 11.0 Å². The number of nitrogen functional groups attached to an aromatic ring is 1. The molecule has 30 heavy (non-hydrogen) atoms. The molecule has 3 heterocycles. The molecular formula is C20H19ClN6OS2. The molecule has 1 amide bonds. The van der Waals surface area contributed by atoms with Crippen molar-refractivity contribution >= 4 is 62.2 Å². The van der Waals surface area contributed by atoms with E-state index in [-0.39, 0.29) is 11.7 Å². The first-order valence-electron chi connectivity index (χ1n) is 9.23. The molecule has 0 aliphatic rings. The lowest BCUT2D eigenvalue weighted by Gasteiger charge is -2.08. The molecule has 0 bridgehead atoms. The highest BCUT2D eigenvalue weighted by Crippen LogP contribution is 2.39. The second-order valence-electron chi connectivity index (χ2n) is 6.55. The Morgan fingerprint density at radius 3 is 2.90 bits per heavy atom. The van der Waals surface area contributed by atoms with Crippen LogP contribution >= 0.6 is 34.7 Å². The Bertz CT molecular complexity index is 1240. The highest BCUT2D eigenvalue weighted by molar-refractivity contribution is 7.99. The highest BCUT2D eigenvalue weighted by Gasteiger charge is 2.20. The Balaban J connectivity index is 1.51. The maximum Gasteiger partial charge on any atom is 0.234 e. The molecule has 0 unspecified atom stereocenters. The van der Waals surface area contributed by atoms with Gasteiger partial charge >= 0.3 is 0 Å². The number of aromatic nitrogens is 4. The van der Waals surface area contributed by atoms with Crippen molar-refractivity contribution in [2.75, 3.05) is 16.8 Å². The molecule has 0 radical (unpaired) electrons. The van der Waals surface area contributed by atoms with E-state index in [4.69, 9.17) is 17.3 Å². The van der Waals surface area contributed by atoms with Gasteiger partial charge in [-0.15, -0.1) is 21.5 Å². The Labute approximate surface area is 186 Å². The topological polar surface area (TPSA) is 98.7 Å². The number of hydrogen-bond acceptors (Lipinski definition) is 7. The zero-order valence-corrected chi connectivity index (χ0v) is 18.7. The molecular weight excluding hydrogens is 440 g/mol. The number of hydrogen-bond donors (Lipinski definition) is 2. The van der Waals surface area contributed by atoms with E-state index in [2.05, 4.69) is 20.5 Å². The summed E-state index contributed by atoms with van der Waals surface area (Å²) in [6, 6.07) is 9.20. The lowest BCUT2D eigenvalue weighted by atomic mass is 10.2. The summed E-state index contributed by atoms with van der Waals surface area (Å²) in [4.78, 5) is 18.5. The Morgan fingerprint density at radius 2 is 2.17 bits per heavy atom. The number of nitrogens with zero attached hydrogens (tertiary/aromatic N) is 4. The molecule has 0 saturated carbocycles. The van der Waals surface area contributed by atoms with Gasteiger partial charge in [-0.25, -0.2) is 4.98 Å². The third-order valence-electron chi connectivity index (χ3n) is 4.51. The lowest BCUT2D eigenvalue weighted by Crippen LogP contribution is -2.14. The fraction of sp³-hybridized carbons (Fsp3) is 0.200. The third-order valence-corrected chi connectivity index (χ3v) is 7.03. The van der Waals surface area contributed by atoms with Crippen LogP contribution in [0.1, 0.15) is 12.5 Å². The van der Waals surface area contributed by atoms with E-state index >= 15 is 0 Å². The van der Waals surface area contributed by atoms with E-state index in [1.807, 2.05) is 36.6 Å². The first kappa shape index (κ1) is 20.6. The number of nitrogens with one attached hydrogen (secondary N) is 1. The van der Waals surface area contributed by atoms with Crippen LogP contribution < -0.4 is 11.1 Å². The zero-order chi connectivity index (χ0) is 21.3. The van der Waals surface area contributed by atoms with Gasteiger partial charge in [0.2, 0.25) is 5.91 Å². The number of thioether (sulfide) groups is 1. The Hall–Kier alpha value is -2.62. The van der Waals surface area contributed by atoms with Crippen molar-refractivity contribution in [3.63, 3.8) is 0 Å². The van der Waals surface area contributed by atoms with E-state index < -0.39 is 0 Å². The summed E-state index contributed by atoms with van der Waals surface area (Å²) in [7, 11) is 0. The molecule has 0 atom stereocenters. The number of amides is 1. The van der Waals surface area contributed by atoms with Crippen LogP contribution in [-0.2, 0) is 11.3 Å². The molecule has 0 spiro atoms. The van der Waals surface area contributed by atoms with E-state index in [0.29, 0.717) is 33.9 Å². The normalized spacial score (nSPS) is 11.2. The molecule has 4 aromatic rings. The molecule has 4 rings (SSSR count). The molecule has 154 valence electrons. The molecule has 7 nitrogen and oxygen atoms in total. The fourth-order valence-electron chi connectivity index (χ4n) is 3.02. The summed E-state index contributed by atoms with van der Waals surface area (Å²) in [6.45, 7) is 4.56. The number of carbonyl (C=O) groups is 1. The average molecular weight is 459 g/mol. The second kappa shape index (κ2) is 8.63.